The smallest absolute Gasteiger partial charge is 0.266 e. The van der Waals surface area contributed by atoms with E-state index in [0.29, 0.717) is 12.1 Å². The van der Waals surface area contributed by atoms with E-state index in [0.717, 1.165) is 44.3 Å². The van der Waals surface area contributed by atoms with Gasteiger partial charge >= 0.3 is 0 Å². The monoisotopic (exact) mass is 252 g/mol. The first-order valence-electron chi connectivity index (χ1n) is 6.99. The summed E-state index contributed by atoms with van der Waals surface area (Å²) in [5.41, 5.74) is 0. The topological polar surface area (TPSA) is 45.4 Å². The van der Waals surface area contributed by atoms with Crippen molar-refractivity contribution in [1.82, 2.24) is 15.0 Å². The molecule has 18 heavy (non-hydrogen) atoms. The van der Waals surface area contributed by atoms with Crippen molar-refractivity contribution in [3.05, 3.63) is 5.89 Å². The Kier molecular flexibility index (Phi) is 4.22. The van der Waals surface area contributed by atoms with Gasteiger partial charge < -0.3 is 9.42 Å². The van der Waals surface area contributed by atoms with Gasteiger partial charge in [-0.1, -0.05) is 13.8 Å². The summed E-state index contributed by atoms with van der Waals surface area (Å²) in [5, 5.41) is 4.07. The fourth-order valence-electron chi connectivity index (χ4n) is 2.61. The number of aryl methyl sites for hydroxylation is 1. The third kappa shape index (κ3) is 2.66. The lowest BCUT2D eigenvalue weighted by Gasteiger charge is -2.42. The molecule has 0 N–H and O–H groups in total. The van der Waals surface area contributed by atoms with Crippen LogP contribution in [0.2, 0.25) is 0 Å². The van der Waals surface area contributed by atoms with Crippen molar-refractivity contribution < 1.29 is 4.52 Å². The van der Waals surface area contributed by atoms with Crippen molar-refractivity contribution in [2.45, 2.75) is 52.6 Å². The standard InChI is InChI=1S/C13H24N4O/c1-5-11-9-16(7-8-17(11)10(3)4)13-14-12(6-2)18-15-13/h10-11H,5-9H2,1-4H3. The van der Waals surface area contributed by atoms with Crippen LogP contribution >= 0.6 is 0 Å². The van der Waals surface area contributed by atoms with Gasteiger partial charge in [0, 0.05) is 38.1 Å². The number of nitrogens with zero attached hydrogens (tertiary/aromatic N) is 4. The van der Waals surface area contributed by atoms with E-state index in [1.54, 1.807) is 0 Å². The summed E-state index contributed by atoms with van der Waals surface area (Å²) in [6.07, 6.45) is 1.96. The Bertz CT molecular complexity index is 377. The molecule has 0 saturated carbocycles. The minimum atomic E-state index is 0.585. The third-order valence-electron chi connectivity index (χ3n) is 3.71. The highest BCUT2D eigenvalue weighted by Gasteiger charge is 2.29. The van der Waals surface area contributed by atoms with Crippen LogP contribution in [0.15, 0.2) is 4.52 Å². The minimum absolute atomic E-state index is 0.585. The summed E-state index contributed by atoms with van der Waals surface area (Å²) in [6, 6.07) is 1.19. The normalized spacial score (nSPS) is 21.8. The molecule has 1 atom stereocenters. The number of anilines is 1. The van der Waals surface area contributed by atoms with Crippen LogP contribution in [0.1, 0.15) is 40.0 Å². The molecule has 0 radical (unpaired) electrons. The van der Waals surface area contributed by atoms with E-state index >= 15 is 0 Å². The molecule has 0 aromatic carbocycles. The molecule has 1 aliphatic heterocycles. The average molecular weight is 252 g/mol. The van der Waals surface area contributed by atoms with Gasteiger partial charge in [0.25, 0.3) is 5.95 Å². The second-order valence-electron chi connectivity index (χ2n) is 5.18. The minimum Gasteiger partial charge on any atom is -0.337 e. The van der Waals surface area contributed by atoms with Crippen LogP contribution in [-0.2, 0) is 6.42 Å². The van der Waals surface area contributed by atoms with E-state index in [1.165, 1.54) is 0 Å². The molecule has 0 spiro atoms. The summed E-state index contributed by atoms with van der Waals surface area (Å²) in [6.45, 7) is 11.9. The molecule has 1 unspecified atom stereocenters. The number of hydrogen-bond acceptors (Lipinski definition) is 5. The molecule has 1 fully saturated rings. The molecule has 1 aromatic rings. The quantitative estimate of drug-likeness (QED) is 0.819. The van der Waals surface area contributed by atoms with Gasteiger partial charge in [-0.25, -0.2) is 0 Å². The lowest BCUT2D eigenvalue weighted by molar-refractivity contribution is 0.132. The molecule has 2 rings (SSSR count). The van der Waals surface area contributed by atoms with Crippen LogP contribution in [0, 0.1) is 0 Å². The summed E-state index contributed by atoms with van der Waals surface area (Å²) in [4.78, 5) is 9.23. The number of piperazine rings is 1. The molecule has 5 nitrogen and oxygen atoms in total. The van der Waals surface area contributed by atoms with E-state index in [4.69, 9.17) is 4.52 Å². The molecule has 102 valence electrons. The number of aromatic nitrogens is 2. The van der Waals surface area contributed by atoms with Crippen molar-refractivity contribution in [3.63, 3.8) is 0 Å². The van der Waals surface area contributed by atoms with Gasteiger partial charge in [-0.2, -0.15) is 4.98 Å². The van der Waals surface area contributed by atoms with Crippen molar-refractivity contribution in [2.24, 2.45) is 0 Å². The van der Waals surface area contributed by atoms with Gasteiger partial charge in [0.2, 0.25) is 5.89 Å². The number of hydrogen-bond donors (Lipinski definition) is 0. The van der Waals surface area contributed by atoms with Crippen molar-refractivity contribution in [1.29, 1.82) is 0 Å². The fraction of sp³-hybridized carbons (Fsp3) is 0.846. The molecule has 0 amide bonds. The van der Waals surface area contributed by atoms with E-state index in [2.05, 4.69) is 40.7 Å². The second kappa shape index (κ2) is 5.69. The van der Waals surface area contributed by atoms with Crippen molar-refractivity contribution in [3.8, 4) is 0 Å². The Morgan fingerprint density at radius 3 is 2.67 bits per heavy atom. The first-order valence-corrected chi connectivity index (χ1v) is 6.99. The maximum Gasteiger partial charge on any atom is 0.266 e. The zero-order valence-electron chi connectivity index (χ0n) is 11.9. The molecule has 1 aliphatic rings. The third-order valence-corrected chi connectivity index (χ3v) is 3.71. The Hall–Kier alpha value is -1.10. The predicted octanol–water partition coefficient (Wildman–Crippen LogP) is 1.94. The molecular formula is C13H24N4O. The second-order valence-corrected chi connectivity index (χ2v) is 5.18. The van der Waals surface area contributed by atoms with E-state index < -0.39 is 0 Å². The van der Waals surface area contributed by atoms with Crippen LogP contribution in [0.4, 0.5) is 5.95 Å². The summed E-state index contributed by atoms with van der Waals surface area (Å²) in [7, 11) is 0. The van der Waals surface area contributed by atoms with Gasteiger partial charge in [0.05, 0.1) is 0 Å². The highest BCUT2D eigenvalue weighted by Crippen LogP contribution is 2.19. The van der Waals surface area contributed by atoms with Gasteiger partial charge in [0.1, 0.15) is 0 Å². The van der Waals surface area contributed by atoms with Crippen molar-refractivity contribution in [2.75, 3.05) is 24.5 Å². The highest BCUT2D eigenvalue weighted by atomic mass is 16.5. The lowest BCUT2D eigenvalue weighted by atomic mass is 10.1. The molecule has 0 bridgehead atoms. The average Bonchev–Trinajstić information content (AvgIpc) is 2.86. The molecule has 5 heteroatoms. The predicted molar refractivity (Wildman–Crippen MR) is 71.8 cm³/mol. The van der Waals surface area contributed by atoms with Gasteiger partial charge in [-0.15, -0.1) is 0 Å². The lowest BCUT2D eigenvalue weighted by Crippen LogP contribution is -2.55. The summed E-state index contributed by atoms with van der Waals surface area (Å²) in [5.74, 6) is 1.48. The summed E-state index contributed by atoms with van der Waals surface area (Å²) >= 11 is 0. The van der Waals surface area contributed by atoms with Crippen LogP contribution in [0.3, 0.4) is 0 Å². The SMILES string of the molecule is CCc1nc(N2CCN(C(C)C)C(CC)C2)no1. The zero-order valence-corrected chi connectivity index (χ0v) is 11.9. The van der Waals surface area contributed by atoms with Gasteiger partial charge in [0.15, 0.2) is 0 Å². The van der Waals surface area contributed by atoms with Crippen molar-refractivity contribution >= 4 is 5.95 Å². The Morgan fingerprint density at radius 1 is 1.33 bits per heavy atom. The van der Waals surface area contributed by atoms with Crippen LogP contribution in [-0.4, -0.2) is 46.8 Å². The fourth-order valence-corrected chi connectivity index (χ4v) is 2.61. The Morgan fingerprint density at radius 2 is 2.11 bits per heavy atom. The number of rotatable bonds is 4. The molecule has 0 aliphatic carbocycles. The maximum atomic E-state index is 5.19. The zero-order chi connectivity index (χ0) is 13.1. The first kappa shape index (κ1) is 13.3. The van der Waals surface area contributed by atoms with E-state index in [-0.39, 0.29) is 0 Å². The largest absolute Gasteiger partial charge is 0.337 e. The molecule has 2 heterocycles. The maximum absolute atomic E-state index is 5.19. The molecule has 1 aromatic heterocycles. The van der Waals surface area contributed by atoms with Crippen LogP contribution < -0.4 is 4.90 Å². The molecule has 1 saturated heterocycles. The van der Waals surface area contributed by atoms with E-state index in [9.17, 15) is 0 Å². The first-order chi connectivity index (χ1) is 8.65. The van der Waals surface area contributed by atoms with Gasteiger partial charge in [-0.05, 0) is 25.4 Å². The Balaban J connectivity index is 2.05. The van der Waals surface area contributed by atoms with Gasteiger partial charge in [-0.3, -0.25) is 4.90 Å². The Labute approximate surface area is 109 Å². The van der Waals surface area contributed by atoms with Crippen LogP contribution in [0.25, 0.3) is 0 Å². The highest BCUT2D eigenvalue weighted by molar-refractivity contribution is 5.29. The van der Waals surface area contributed by atoms with E-state index in [1.807, 2.05) is 6.92 Å². The molecular weight excluding hydrogens is 228 g/mol. The summed E-state index contributed by atoms with van der Waals surface area (Å²) < 4.78 is 5.19. The van der Waals surface area contributed by atoms with Crippen LogP contribution in [0.5, 0.6) is 0 Å².